The van der Waals surface area contributed by atoms with Gasteiger partial charge in [0.1, 0.15) is 0 Å². The molecule has 0 amide bonds. The van der Waals surface area contributed by atoms with Crippen molar-refractivity contribution >= 4 is 18.0 Å². The molecular formula is C14H16O4. The fourth-order valence-electron chi connectivity index (χ4n) is 1.55. The molecule has 0 fully saturated rings. The van der Waals surface area contributed by atoms with E-state index in [9.17, 15) is 9.59 Å². The third kappa shape index (κ3) is 3.20. The van der Waals surface area contributed by atoms with Crippen LogP contribution in [0, 0.1) is 0 Å². The Balaban J connectivity index is 2.95. The predicted molar refractivity (Wildman–Crippen MR) is 68.2 cm³/mol. The lowest BCUT2D eigenvalue weighted by Gasteiger charge is -2.21. The third-order valence-electron chi connectivity index (χ3n) is 2.75. The average molecular weight is 248 g/mol. The zero-order valence-corrected chi connectivity index (χ0v) is 10.6. The normalized spacial score (nSPS) is 11.5. The molecule has 18 heavy (non-hydrogen) atoms. The van der Waals surface area contributed by atoms with E-state index in [1.165, 1.54) is 13.2 Å². The highest BCUT2D eigenvalue weighted by molar-refractivity contribution is 5.85. The van der Waals surface area contributed by atoms with Crippen LogP contribution in [0.15, 0.2) is 30.3 Å². The summed E-state index contributed by atoms with van der Waals surface area (Å²) in [5.41, 5.74) is 0.868. The van der Waals surface area contributed by atoms with Crippen LogP contribution in [0.25, 0.3) is 6.08 Å². The minimum atomic E-state index is -0.992. The van der Waals surface area contributed by atoms with E-state index in [4.69, 9.17) is 9.84 Å². The van der Waals surface area contributed by atoms with E-state index in [1.807, 2.05) is 0 Å². The molecule has 1 N–H and O–H groups in total. The zero-order chi connectivity index (χ0) is 13.8. The Morgan fingerprint density at radius 2 is 1.78 bits per heavy atom. The molecule has 0 aliphatic heterocycles. The van der Waals surface area contributed by atoms with Gasteiger partial charge >= 0.3 is 11.9 Å². The Morgan fingerprint density at radius 1 is 1.22 bits per heavy atom. The Kier molecular flexibility index (Phi) is 4.26. The molecule has 0 saturated carbocycles. The maximum absolute atomic E-state index is 11.6. The van der Waals surface area contributed by atoms with Crippen molar-refractivity contribution in [1.29, 1.82) is 0 Å². The molecule has 0 radical (unpaired) electrons. The number of carboxylic acid groups (broad SMARTS) is 1. The summed E-state index contributed by atoms with van der Waals surface area (Å²) >= 11 is 0. The number of methoxy groups -OCH3 is 1. The molecule has 0 atom stereocenters. The van der Waals surface area contributed by atoms with E-state index in [2.05, 4.69) is 0 Å². The molecule has 1 rings (SSSR count). The van der Waals surface area contributed by atoms with Gasteiger partial charge in [-0.1, -0.05) is 24.3 Å². The van der Waals surface area contributed by atoms with Crippen LogP contribution in [-0.4, -0.2) is 24.2 Å². The van der Waals surface area contributed by atoms with Gasteiger partial charge in [0, 0.05) is 6.08 Å². The van der Waals surface area contributed by atoms with Crippen molar-refractivity contribution in [2.75, 3.05) is 7.11 Å². The molecule has 0 unspecified atom stereocenters. The molecule has 0 saturated heterocycles. The molecule has 0 aromatic heterocycles. The Morgan fingerprint density at radius 3 is 2.22 bits per heavy atom. The van der Waals surface area contributed by atoms with Crippen LogP contribution in [0.1, 0.15) is 25.0 Å². The Hall–Kier alpha value is -2.10. The maximum atomic E-state index is 11.6. The van der Waals surface area contributed by atoms with Gasteiger partial charge in [-0.2, -0.15) is 0 Å². The molecule has 0 aliphatic carbocycles. The van der Waals surface area contributed by atoms with E-state index in [0.29, 0.717) is 0 Å². The van der Waals surface area contributed by atoms with Crippen molar-refractivity contribution in [3.8, 4) is 0 Å². The first-order valence-corrected chi connectivity index (χ1v) is 5.48. The molecular weight excluding hydrogens is 232 g/mol. The van der Waals surface area contributed by atoms with Crippen LogP contribution in [-0.2, 0) is 19.7 Å². The summed E-state index contributed by atoms with van der Waals surface area (Å²) < 4.78 is 4.75. The number of ether oxygens (including phenoxy) is 1. The van der Waals surface area contributed by atoms with E-state index < -0.39 is 11.4 Å². The number of esters is 1. The second kappa shape index (κ2) is 5.49. The Labute approximate surface area is 106 Å². The monoisotopic (exact) mass is 248 g/mol. The van der Waals surface area contributed by atoms with Gasteiger partial charge in [-0.25, -0.2) is 4.79 Å². The maximum Gasteiger partial charge on any atom is 0.328 e. The summed E-state index contributed by atoms with van der Waals surface area (Å²) in [6, 6.07) is 7.11. The van der Waals surface area contributed by atoms with Crippen LogP contribution in [0.3, 0.4) is 0 Å². The molecule has 4 heteroatoms. The van der Waals surface area contributed by atoms with Crippen LogP contribution in [0.5, 0.6) is 0 Å². The van der Waals surface area contributed by atoms with Crippen molar-refractivity contribution in [2.24, 2.45) is 0 Å². The van der Waals surface area contributed by atoms with Gasteiger partial charge in [0.25, 0.3) is 0 Å². The number of rotatable bonds is 4. The zero-order valence-electron chi connectivity index (χ0n) is 10.6. The largest absolute Gasteiger partial charge is 0.478 e. The third-order valence-corrected chi connectivity index (χ3v) is 2.75. The highest BCUT2D eigenvalue weighted by Crippen LogP contribution is 2.25. The SMILES string of the molecule is COC(=O)C(C)(C)c1ccc(/C=C/C(=O)O)cc1. The molecule has 1 aromatic rings. The minimum absolute atomic E-state index is 0.309. The predicted octanol–water partition coefficient (Wildman–Crippen LogP) is 2.24. The topological polar surface area (TPSA) is 63.6 Å². The molecule has 0 bridgehead atoms. The number of hydrogen-bond donors (Lipinski definition) is 1. The molecule has 96 valence electrons. The van der Waals surface area contributed by atoms with E-state index in [0.717, 1.165) is 17.2 Å². The molecule has 1 aromatic carbocycles. The van der Waals surface area contributed by atoms with Crippen LogP contribution in [0.4, 0.5) is 0 Å². The molecule has 4 nitrogen and oxygen atoms in total. The van der Waals surface area contributed by atoms with Gasteiger partial charge in [0.05, 0.1) is 12.5 Å². The first kappa shape index (κ1) is 14.0. The molecule has 0 aliphatic rings. The van der Waals surface area contributed by atoms with Gasteiger partial charge in [-0.3, -0.25) is 4.79 Å². The second-order valence-corrected chi connectivity index (χ2v) is 4.41. The van der Waals surface area contributed by atoms with E-state index in [1.54, 1.807) is 38.1 Å². The summed E-state index contributed by atoms with van der Waals surface area (Å²) in [5.74, 6) is -1.30. The highest BCUT2D eigenvalue weighted by atomic mass is 16.5. The number of carbonyl (C=O) groups excluding carboxylic acids is 1. The van der Waals surface area contributed by atoms with Gasteiger partial charge in [0.2, 0.25) is 0 Å². The van der Waals surface area contributed by atoms with Gasteiger partial charge < -0.3 is 9.84 Å². The second-order valence-electron chi connectivity index (χ2n) is 4.41. The fourth-order valence-corrected chi connectivity index (χ4v) is 1.55. The van der Waals surface area contributed by atoms with Gasteiger partial charge in [0.15, 0.2) is 0 Å². The first-order chi connectivity index (χ1) is 8.37. The lowest BCUT2D eigenvalue weighted by molar-refractivity contribution is -0.146. The highest BCUT2D eigenvalue weighted by Gasteiger charge is 2.30. The minimum Gasteiger partial charge on any atom is -0.478 e. The van der Waals surface area contributed by atoms with E-state index in [-0.39, 0.29) is 5.97 Å². The quantitative estimate of drug-likeness (QED) is 0.655. The Bertz CT molecular complexity index is 469. The molecule has 0 spiro atoms. The average Bonchev–Trinajstić information content (AvgIpc) is 2.35. The number of aliphatic carboxylic acids is 1. The van der Waals surface area contributed by atoms with Crippen LogP contribution >= 0.6 is 0 Å². The summed E-state index contributed by atoms with van der Waals surface area (Å²) in [6.45, 7) is 3.56. The lowest BCUT2D eigenvalue weighted by atomic mass is 9.84. The van der Waals surface area contributed by atoms with Crippen LogP contribution in [0.2, 0.25) is 0 Å². The molecule has 0 heterocycles. The number of benzene rings is 1. The van der Waals surface area contributed by atoms with E-state index >= 15 is 0 Å². The van der Waals surface area contributed by atoms with Gasteiger partial charge in [-0.15, -0.1) is 0 Å². The van der Waals surface area contributed by atoms with Crippen LogP contribution < -0.4 is 0 Å². The summed E-state index contributed by atoms with van der Waals surface area (Å²) in [7, 11) is 1.36. The van der Waals surface area contributed by atoms with Crippen molar-refractivity contribution in [3.05, 3.63) is 41.5 Å². The van der Waals surface area contributed by atoms with Crippen molar-refractivity contribution < 1.29 is 19.4 Å². The van der Waals surface area contributed by atoms with Crippen molar-refractivity contribution in [2.45, 2.75) is 19.3 Å². The first-order valence-electron chi connectivity index (χ1n) is 5.48. The summed E-state index contributed by atoms with van der Waals surface area (Å²) in [4.78, 5) is 22.0. The summed E-state index contributed by atoms with van der Waals surface area (Å²) in [6.07, 6.45) is 2.57. The fraction of sp³-hybridized carbons (Fsp3) is 0.286. The number of carbonyl (C=O) groups is 2. The number of carboxylic acids is 1. The lowest BCUT2D eigenvalue weighted by Crippen LogP contribution is -2.30. The summed E-state index contributed by atoms with van der Waals surface area (Å²) in [5, 5.41) is 8.52. The van der Waals surface area contributed by atoms with Crippen molar-refractivity contribution in [1.82, 2.24) is 0 Å². The van der Waals surface area contributed by atoms with Crippen molar-refractivity contribution in [3.63, 3.8) is 0 Å². The number of hydrogen-bond acceptors (Lipinski definition) is 3. The van der Waals surface area contributed by atoms with Gasteiger partial charge in [-0.05, 0) is 31.1 Å². The standard InChI is InChI=1S/C14H16O4/c1-14(2,13(17)18-3)11-7-4-10(5-8-11)6-9-12(15)16/h4-9H,1-3H3,(H,15,16)/b9-6+. The smallest absolute Gasteiger partial charge is 0.328 e.